The number of hydrogen-bond acceptors (Lipinski definition) is 4. The van der Waals surface area contributed by atoms with Crippen molar-refractivity contribution in [2.75, 3.05) is 45.9 Å². The zero-order valence-corrected chi connectivity index (χ0v) is 11.9. The van der Waals surface area contributed by atoms with Crippen LogP contribution in [0.2, 0.25) is 0 Å². The smallest absolute Gasteiger partial charge is 0.303 e. The maximum absolute atomic E-state index is 10.7. The van der Waals surface area contributed by atoms with Crippen molar-refractivity contribution in [1.82, 2.24) is 9.80 Å². The van der Waals surface area contributed by atoms with E-state index in [0.717, 1.165) is 58.7 Å². The number of hydrogen-bond donors (Lipinski definition) is 1. The van der Waals surface area contributed by atoms with Crippen LogP contribution in [0.5, 0.6) is 0 Å². The molecule has 2 saturated heterocycles. The summed E-state index contributed by atoms with van der Waals surface area (Å²) in [5.41, 5.74) is 0. The second kappa shape index (κ2) is 7.22. The maximum atomic E-state index is 10.7. The van der Waals surface area contributed by atoms with Gasteiger partial charge in [-0.05, 0) is 38.4 Å². The van der Waals surface area contributed by atoms with E-state index in [0.29, 0.717) is 18.4 Å². The third-order valence-corrected chi connectivity index (χ3v) is 4.30. The van der Waals surface area contributed by atoms with Crippen molar-refractivity contribution < 1.29 is 14.6 Å². The van der Waals surface area contributed by atoms with E-state index in [1.54, 1.807) is 0 Å². The number of likely N-dealkylation sites (N-methyl/N-ethyl adjacent to an activating group) is 1. The Labute approximate surface area is 115 Å². The van der Waals surface area contributed by atoms with E-state index in [-0.39, 0.29) is 0 Å². The molecular weight excluding hydrogens is 244 g/mol. The molecule has 0 aromatic rings. The molecule has 1 unspecified atom stereocenters. The van der Waals surface area contributed by atoms with Crippen LogP contribution in [-0.4, -0.2) is 72.9 Å². The van der Waals surface area contributed by atoms with Gasteiger partial charge in [-0.25, -0.2) is 0 Å². The van der Waals surface area contributed by atoms with Crippen molar-refractivity contribution in [1.29, 1.82) is 0 Å². The number of carboxylic acid groups (broad SMARTS) is 1. The van der Waals surface area contributed by atoms with Crippen molar-refractivity contribution in [3.8, 4) is 0 Å². The third kappa shape index (κ3) is 4.75. The van der Waals surface area contributed by atoms with Gasteiger partial charge in [-0.15, -0.1) is 0 Å². The Morgan fingerprint density at radius 2 is 2.00 bits per heavy atom. The minimum atomic E-state index is -0.660. The topological polar surface area (TPSA) is 53.0 Å². The van der Waals surface area contributed by atoms with E-state index in [2.05, 4.69) is 16.7 Å². The molecule has 0 aromatic carbocycles. The van der Waals surface area contributed by atoms with E-state index >= 15 is 0 Å². The van der Waals surface area contributed by atoms with E-state index < -0.39 is 5.97 Å². The lowest BCUT2D eigenvalue weighted by atomic mass is 9.93. The van der Waals surface area contributed by atoms with Gasteiger partial charge in [-0.1, -0.05) is 6.92 Å². The fourth-order valence-electron chi connectivity index (χ4n) is 3.09. The van der Waals surface area contributed by atoms with Crippen LogP contribution >= 0.6 is 0 Å². The number of morpholine rings is 1. The van der Waals surface area contributed by atoms with Gasteiger partial charge >= 0.3 is 5.97 Å². The molecular formula is C14H26N2O3. The van der Waals surface area contributed by atoms with Crippen LogP contribution < -0.4 is 0 Å². The summed E-state index contributed by atoms with van der Waals surface area (Å²) in [7, 11) is 0. The Morgan fingerprint density at radius 1 is 1.26 bits per heavy atom. The van der Waals surface area contributed by atoms with Crippen molar-refractivity contribution in [2.45, 2.75) is 32.3 Å². The van der Waals surface area contributed by atoms with E-state index in [1.807, 2.05) is 0 Å². The van der Waals surface area contributed by atoms with Gasteiger partial charge in [0.1, 0.15) is 0 Å². The Hall–Kier alpha value is -0.650. The highest BCUT2D eigenvalue weighted by Gasteiger charge is 2.25. The number of ether oxygens (including phenoxy) is 1. The second-order valence-electron chi connectivity index (χ2n) is 5.73. The SMILES string of the molecule is CCN1CCOC(CN2CCC(CC(=O)O)CC2)C1. The summed E-state index contributed by atoms with van der Waals surface area (Å²) in [4.78, 5) is 15.6. The molecule has 1 N–H and O–H groups in total. The van der Waals surface area contributed by atoms with Crippen LogP contribution in [0.25, 0.3) is 0 Å². The van der Waals surface area contributed by atoms with Crippen LogP contribution in [-0.2, 0) is 9.53 Å². The maximum Gasteiger partial charge on any atom is 0.303 e. The number of carboxylic acids is 1. The lowest BCUT2D eigenvalue weighted by molar-refractivity contribution is -0.138. The second-order valence-corrected chi connectivity index (χ2v) is 5.73. The number of piperidine rings is 1. The Bertz CT molecular complexity index is 290. The van der Waals surface area contributed by atoms with Gasteiger partial charge in [0.2, 0.25) is 0 Å². The van der Waals surface area contributed by atoms with E-state index in [4.69, 9.17) is 9.84 Å². The quantitative estimate of drug-likeness (QED) is 0.804. The number of rotatable bonds is 5. The highest BCUT2D eigenvalue weighted by Crippen LogP contribution is 2.21. The van der Waals surface area contributed by atoms with E-state index in [9.17, 15) is 4.79 Å². The van der Waals surface area contributed by atoms with Gasteiger partial charge in [0.15, 0.2) is 0 Å². The third-order valence-electron chi connectivity index (χ3n) is 4.30. The summed E-state index contributed by atoms with van der Waals surface area (Å²) < 4.78 is 5.83. The van der Waals surface area contributed by atoms with Crippen molar-refractivity contribution in [3.05, 3.63) is 0 Å². The number of aliphatic carboxylic acids is 1. The summed E-state index contributed by atoms with van der Waals surface area (Å²) in [6.07, 6.45) is 2.68. The molecule has 2 aliphatic heterocycles. The minimum absolute atomic E-state index is 0.324. The predicted molar refractivity (Wildman–Crippen MR) is 73.3 cm³/mol. The fraction of sp³-hybridized carbons (Fsp3) is 0.929. The molecule has 0 amide bonds. The molecule has 2 aliphatic rings. The lowest BCUT2D eigenvalue weighted by Gasteiger charge is -2.37. The first-order valence-electron chi connectivity index (χ1n) is 7.45. The molecule has 2 rings (SSSR count). The monoisotopic (exact) mass is 270 g/mol. The van der Waals surface area contributed by atoms with Crippen LogP contribution in [0.3, 0.4) is 0 Å². The zero-order valence-electron chi connectivity index (χ0n) is 11.9. The molecule has 2 fully saturated rings. The highest BCUT2D eigenvalue weighted by molar-refractivity contribution is 5.67. The van der Waals surface area contributed by atoms with Crippen LogP contribution in [0, 0.1) is 5.92 Å². The van der Waals surface area contributed by atoms with Gasteiger partial charge < -0.3 is 14.7 Å². The van der Waals surface area contributed by atoms with Gasteiger partial charge in [-0.3, -0.25) is 9.69 Å². The number of carbonyl (C=O) groups is 1. The summed E-state index contributed by atoms with van der Waals surface area (Å²) in [5, 5.41) is 8.81. The summed E-state index contributed by atoms with van der Waals surface area (Å²) in [6, 6.07) is 0. The van der Waals surface area contributed by atoms with Gasteiger partial charge in [-0.2, -0.15) is 0 Å². The van der Waals surface area contributed by atoms with Gasteiger partial charge in [0, 0.05) is 26.1 Å². The number of likely N-dealkylation sites (tertiary alicyclic amines) is 1. The Morgan fingerprint density at radius 3 is 2.63 bits per heavy atom. The first-order chi connectivity index (χ1) is 9.17. The summed E-state index contributed by atoms with van der Waals surface area (Å²) in [5.74, 6) is -0.291. The molecule has 0 saturated carbocycles. The Balaban J connectivity index is 1.69. The van der Waals surface area contributed by atoms with Crippen molar-refractivity contribution >= 4 is 5.97 Å². The van der Waals surface area contributed by atoms with Gasteiger partial charge in [0.05, 0.1) is 12.7 Å². The van der Waals surface area contributed by atoms with Crippen LogP contribution in [0.4, 0.5) is 0 Å². The molecule has 0 spiro atoms. The summed E-state index contributed by atoms with van der Waals surface area (Å²) >= 11 is 0. The normalized spacial score (nSPS) is 27.5. The van der Waals surface area contributed by atoms with Crippen LogP contribution in [0.15, 0.2) is 0 Å². The lowest BCUT2D eigenvalue weighted by Crippen LogP contribution is -2.48. The van der Waals surface area contributed by atoms with Crippen molar-refractivity contribution in [2.24, 2.45) is 5.92 Å². The molecule has 0 bridgehead atoms. The molecule has 2 heterocycles. The van der Waals surface area contributed by atoms with Crippen molar-refractivity contribution in [3.63, 3.8) is 0 Å². The first-order valence-corrected chi connectivity index (χ1v) is 7.45. The van der Waals surface area contributed by atoms with Gasteiger partial charge in [0.25, 0.3) is 0 Å². The molecule has 0 radical (unpaired) electrons. The average molecular weight is 270 g/mol. The largest absolute Gasteiger partial charge is 0.481 e. The van der Waals surface area contributed by atoms with Crippen LogP contribution in [0.1, 0.15) is 26.2 Å². The minimum Gasteiger partial charge on any atom is -0.481 e. The molecule has 110 valence electrons. The average Bonchev–Trinajstić information content (AvgIpc) is 2.41. The van der Waals surface area contributed by atoms with E-state index in [1.165, 1.54) is 0 Å². The fourth-order valence-corrected chi connectivity index (χ4v) is 3.09. The zero-order chi connectivity index (χ0) is 13.7. The predicted octanol–water partition coefficient (Wildman–Crippen LogP) is 0.894. The standard InChI is InChI=1S/C14H26N2O3/c1-2-15-7-8-19-13(10-15)11-16-5-3-12(4-6-16)9-14(17)18/h12-13H,2-11H2,1H3,(H,17,18). The molecule has 5 heteroatoms. The highest BCUT2D eigenvalue weighted by atomic mass is 16.5. The molecule has 19 heavy (non-hydrogen) atoms. The molecule has 5 nitrogen and oxygen atoms in total. The Kier molecular flexibility index (Phi) is 5.60. The molecule has 1 atom stereocenters. The first kappa shape index (κ1) is 14.8. The molecule has 0 aromatic heterocycles. The molecule has 0 aliphatic carbocycles. The number of nitrogens with zero attached hydrogens (tertiary/aromatic N) is 2. The summed E-state index contributed by atoms with van der Waals surface area (Å²) in [6.45, 7) is 9.25.